The van der Waals surface area contributed by atoms with E-state index in [9.17, 15) is 24.5 Å². The highest BCUT2D eigenvalue weighted by Crippen LogP contribution is 2.22. The number of nitro benzene ring substituents is 1. The second-order valence-electron chi connectivity index (χ2n) is 7.81. The molecule has 2 rings (SSSR count). The van der Waals surface area contributed by atoms with Gasteiger partial charge in [-0.05, 0) is 24.0 Å². The Kier molecular flexibility index (Phi) is 7.05. The zero-order valence-corrected chi connectivity index (χ0v) is 17.3. The summed E-state index contributed by atoms with van der Waals surface area (Å²) in [5.41, 5.74) is 1.26. The van der Waals surface area contributed by atoms with Crippen LogP contribution < -0.4 is 5.32 Å². The summed E-state index contributed by atoms with van der Waals surface area (Å²) >= 11 is 0. The quantitative estimate of drug-likeness (QED) is 0.322. The molecule has 0 spiro atoms. The monoisotopic (exact) mass is 412 g/mol. The van der Waals surface area contributed by atoms with Crippen LogP contribution in [0.15, 0.2) is 48.5 Å². The molecule has 30 heavy (non-hydrogen) atoms. The number of nitrogens with one attached hydrogen (secondary N) is 1. The largest absolute Gasteiger partial charge is 0.453 e. The molecule has 158 valence electrons. The molecule has 0 radical (unpaired) electrons. The topological polar surface area (TPSA) is 116 Å². The number of hydrogen-bond donors (Lipinski definition) is 1. The van der Waals surface area contributed by atoms with Crippen LogP contribution in [0.5, 0.6) is 0 Å². The molecule has 0 saturated carbocycles. The van der Waals surface area contributed by atoms with E-state index in [1.54, 1.807) is 12.1 Å². The minimum absolute atomic E-state index is 0.0417. The minimum atomic E-state index is -1.02. The number of carbonyl (C=O) groups excluding carboxylic acids is 3. The molecule has 0 aliphatic carbocycles. The highest BCUT2D eigenvalue weighted by Gasteiger charge is 2.21. The summed E-state index contributed by atoms with van der Waals surface area (Å²) in [6.07, 6.45) is -1.02. The first-order valence-corrected chi connectivity index (χ1v) is 9.36. The van der Waals surface area contributed by atoms with E-state index in [1.807, 2.05) is 12.1 Å². The SMILES string of the molecule is C[C@@H](OC(=O)CNC(=O)c1cccc([N+](=O)[O-])c1)C(=O)c1ccc(C(C)(C)C)cc1. The number of non-ortho nitro benzene ring substituents is 1. The molecular weight excluding hydrogens is 388 g/mol. The van der Waals surface area contributed by atoms with Gasteiger partial charge in [0.05, 0.1) is 4.92 Å². The summed E-state index contributed by atoms with van der Waals surface area (Å²) in [4.78, 5) is 46.7. The Balaban J connectivity index is 1.91. The lowest BCUT2D eigenvalue weighted by molar-refractivity contribution is -0.384. The molecule has 0 fully saturated rings. The summed E-state index contributed by atoms with van der Waals surface area (Å²) in [5.74, 6) is -1.80. The van der Waals surface area contributed by atoms with Crippen LogP contribution in [0.4, 0.5) is 5.69 Å². The van der Waals surface area contributed by atoms with Crippen molar-refractivity contribution in [1.29, 1.82) is 0 Å². The smallest absolute Gasteiger partial charge is 0.326 e. The number of ether oxygens (including phenoxy) is 1. The first kappa shape index (κ1) is 22.7. The number of benzene rings is 2. The van der Waals surface area contributed by atoms with Crippen molar-refractivity contribution in [1.82, 2.24) is 5.32 Å². The van der Waals surface area contributed by atoms with Gasteiger partial charge in [-0.1, -0.05) is 51.1 Å². The van der Waals surface area contributed by atoms with Gasteiger partial charge in [0.15, 0.2) is 6.10 Å². The minimum Gasteiger partial charge on any atom is -0.453 e. The van der Waals surface area contributed by atoms with Crippen LogP contribution in [-0.4, -0.2) is 35.2 Å². The second kappa shape index (κ2) is 9.30. The number of nitrogens with zero attached hydrogens (tertiary/aromatic N) is 1. The maximum Gasteiger partial charge on any atom is 0.326 e. The van der Waals surface area contributed by atoms with Crippen LogP contribution in [0.3, 0.4) is 0 Å². The molecular formula is C22H24N2O6. The molecule has 0 unspecified atom stereocenters. The van der Waals surface area contributed by atoms with Gasteiger partial charge >= 0.3 is 5.97 Å². The predicted molar refractivity (Wildman–Crippen MR) is 110 cm³/mol. The summed E-state index contributed by atoms with van der Waals surface area (Å²) < 4.78 is 5.10. The maximum atomic E-state index is 12.5. The van der Waals surface area contributed by atoms with Gasteiger partial charge in [0.1, 0.15) is 6.54 Å². The van der Waals surface area contributed by atoms with Gasteiger partial charge in [-0.2, -0.15) is 0 Å². The highest BCUT2D eigenvalue weighted by molar-refractivity contribution is 6.00. The second-order valence-corrected chi connectivity index (χ2v) is 7.81. The first-order chi connectivity index (χ1) is 14.0. The Morgan fingerprint density at radius 3 is 2.27 bits per heavy atom. The number of rotatable bonds is 7. The van der Waals surface area contributed by atoms with Gasteiger partial charge in [-0.15, -0.1) is 0 Å². The van der Waals surface area contributed by atoms with E-state index in [0.717, 1.165) is 11.6 Å². The Bertz CT molecular complexity index is 960. The Hall–Kier alpha value is -3.55. The lowest BCUT2D eigenvalue weighted by Crippen LogP contribution is -2.34. The molecule has 0 aliphatic heterocycles. The zero-order valence-electron chi connectivity index (χ0n) is 17.3. The van der Waals surface area contributed by atoms with E-state index >= 15 is 0 Å². The van der Waals surface area contributed by atoms with Crippen LogP contribution in [0.1, 0.15) is 54.0 Å². The van der Waals surface area contributed by atoms with Crippen LogP contribution >= 0.6 is 0 Å². The van der Waals surface area contributed by atoms with Gasteiger partial charge in [0.25, 0.3) is 11.6 Å². The Morgan fingerprint density at radius 2 is 1.70 bits per heavy atom. The molecule has 1 amide bonds. The van der Waals surface area contributed by atoms with Crippen molar-refractivity contribution >= 4 is 23.3 Å². The van der Waals surface area contributed by atoms with Gasteiger partial charge < -0.3 is 10.1 Å². The van der Waals surface area contributed by atoms with Crippen LogP contribution in [0.2, 0.25) is 0 Å². The Labute approximate surface area is 174 Å². The molecule has 0 bridgehead atoms. The fourth-order valence-electron chi connectivity index (χ4n) is 2.68. The average molecular weight is 412 g/mol. The van der Waals surface area contributed by atoms with E-state index in [1.165, 1.54) is 25.1 Å². The highest BCUT2D eigenvalue weighted by atomic mass is 16.6. The summed E-state index contributed by atoms with van der Waals surface area (Å²) in [6.45, 7) is 7.19. The number of amides is 1. The third-order valence-electron chi connectivity index (χ3n) is 4.43. The number of hydrogen-bond acceptors (Lipinski definition) is 6. The fourth-order valence-corrected chi connectivity index (χ4v) is 2.68. The summed E-state index contributed by atoms with van der Waals surface area (Å²) in [5, 5.41) is 13.1. The molecule has 0 saturated heterocycles. The molecule has 0 aromatic heterocycles. The van der Waals surface area contributed by atoms with Crippen LogP contribution in [0, 0.1) is 10.1 Å². The number of Topliss-reactive ketones (excluding diaryl/α,β-unsaturated/α-hetero) is 1. The summed E-state index contributed by atoms with van der Waals surface area (Å²) in [6, 6.07) is 12.2. The molecule has 8 heteroatoms. The maximum absolute atomic E-state index is 12.5. The molecule has 1 atom stereocenters. The van der Waals surface area contributed by atoms with E-state index in [4.69, 9.17) is 4.74 Å². The molecule has 0 aliphatic rings. The van der Waals surface area contributed by atoms with Crippen molar-refractivity contribution in [3.63, 3.8) is 0 Å². The predicted octanol–water partition coefficient (Wildman–Crippen LogP) is 3.44. The van der Waals surface area contributed by atoms with Crippen molar-refractivity contribution in [2.24, 2.45) is 0 Å². The van der Waals surface area contributed by atoms with E-state index in [2.05, 4.69) is 26.1 Å². The summed E-state index contributed by atoms with van der Waals surface area (Å²) in [7, 11) is 0. The fraction of sp³-hybridized carbons (Fsp3) is 0.318. The van der Waals surface area contributed by atoms with E-state index in [0.29, 0.717) is 5.56 Å². The molecule has 8 nitrogen and oxygen atoms in total. The molecule has 2 aromatic rings. The van der Waals surface area contributed by atoms with Crippen molar-refractivity contribution in [2.75, 3.05) is 6.54 Å². The number of nitro groups is 1. The number of ketones is 1. The lowest BCUT2D eigenvalue weighted by Gasteiger charge is -2.19. The van der Waals surface area contributed by atoms with Gasteiger partial charge in [-0.25, -0.2) is 0 Å². The van der Waals surface area contributed by atoms with Crippen molar-refractivity contribution in [3.05, 3.63) is 75.3 Å². The van der Waals surface area contributed by atoms with Gasteiger partial charge in [-0.3, -0.25) is 24.5 Å². The van der Waals surface area contributed by atoms with E-state index in [-0.39, 0.29) is 22.4 Å². The first-order valence-electron chi connectivity index (χ1n) is 9.36. The lowest BCUT2D eigenvalue weighted by atomic mass is 9.86. The van der Waals surface area contributed by atoms with Gasteiger partial charge in [0.2, 0.25) is 5.78 Å². The van der Waals surface area contributed by atoms with E-state index < -0.39 is 29.4 Å². The van der Waals surface area contributed by atoms with Gasteiger partial charge in [0, 0.05) is 23.3 Å². The molecule has 0 heterocycles. The number of carbonyl (C=O) groups is 3. The third kappa shape index (κ3) is 5.97. The number of esters is 1. The molecule has 1 N–H and O–H groups in total. The third-order valence-corrected chi connectivity index (χ3v) is 4.43. The zero-order chi connectivity index (χ0) is 22.5. The molecule has 2 aromatic carbocycles. The normalized spacial score (nSPS) is 12.0. The van der Waals surface area contributed by atoms with Crippen molar-refractivity contribution < 1.29 is 24.0 Å². The Morgan fingerprint density at radius 1 is 1.07 bits per heavy atom. The van der Waals surface area contributed by atoms with Crippen molar-refractivity contribution in [2.45, 2.75) is 39.2 Å². The van der Waals surface area contributed by atoms with Crippen molar-refractivity contribution in [3.8, 4) is 0 Å². The van der Waals surface area contributed by atoms with Crippen LogP contribution in [-0.2, 0) is 14.9 Å². The average Bonchev–Trinajstić information content (AvgIpc) is 2.70. The van der Waals surface area contributed by atoms with Crippen LogP contribution in [0.25, 0.3) is 0 Å². The standard InChI is InChI=1S/C22H24N2O6/c1-14(20(26)15-8-10-17(11-9-15)22(2,3)4)30-19(25)13-23-21(27)16-6-5-7-18(12-16)24(28)29/h5-12,14H,13H2,1-4H3,(H,23,27)/t14-/m1/s1.